The first kappa shape index (κ1) is 27.7. The topological polar surface area (TPSA) is 55.8 Å². The SMILES string of the molecule is C=C(C)C(=O)OC1CCCC(C(CC)(CC)OC(C)(C)C(O)(C(F)(F)F)C(F)(F)F)C1. The fourth-order valence-corrected chi connectivity index (χ4v) is 4.46. The molecule has 0 heterocycles. The number of carbonyl (C=O) groups excluding carboxylic acids is 1. The fourth-order valence-electron chi connectivity index (χ4n) is 4.46. The molecule has 31 heavy (non-hydrogen) atoms. The Bertz CT molecular complexity index is 635. The molecule has 0 aromatic carbocycles. The van der Waals surface area contributed by atoms with Crippen LogP contribution in [0.1, 0.15) is 73.1 Å². The van der Waals surface area contributed by atoms with E-state index in [0.29, 0.717) is 33.1 Å². The monoisotopic (exact) mass is 462 g/mol. The lowest BCUT2D eigenvalue weighted by molar-refractivity contribution is -0.423. The van der Waals surface area contributed by atoms with E-state index in [0.717, 1.165) is 0 Å². The summed E-state index contributed by atoms with van der Waals surface area (Å²) in [4.78, 5) is 11.9. The van der Waals surface area contributed by atoms with Gasteiger partial charge in [0.2, 0.25) is 0 Å². The van der Waals surface area contributed by atoms with Crippen molar-refractivity contribution in [3.63, 3.8) is 0 Å². The molecule has 1 fully saturated rings. The predicted molar refractivity (Wildman–Crippen MR) is 102 cm³/mol. The molecule has 1 aliphatic rings. The highest BCUT2D eigenvalue weighted by Gasteiger charge is 2.78. The lowest BCUT2D eigenvalue weighted by Crippen LogP contribution is -2.71. The molecule has 0 aromatic rings. The first-order chi connectivity index (χ1) is 13.9. The van der Waals surface area contributed by atoms with E-state index < -0.39 is 47.1 Å². The lowest BCUT2D eigenvalue weighted by atomic mass is 9.72. The number of carbonyl (C=O) groups is 1. The van der Waals surface area contributed by atoms with Gasteiger partial charge in [0, 0.05) is 5.57 Å². The Kier molecular flexibility index (Phi) is 8.32. The molecule has 1 rings (SSSR count). The largest absolute Gasteiger partial charge is 0.459 e. The van der Waals surface area contributed by atoms with Crippen LogP contribution in [-0.2, 0) is 14.3 Å². The molecule has 182 valence electrons. The number of rotatable bonds is 8. The highest BCUT2D eigenvalue weighted by Crippen LogP contribution is 2.53. The quantitative estimate of drug-likeness (QED) is 0.278. The van der Waals surface area contributed by atoms with Crippen LogP contribution in [0.15, 0.2) is 12.2 Å². The molecule has 0 spiro atoms. The number of hydrogen-bond acceptors (Lipinski definition) is 4. The van der Waals surface area contributed by atoms with Crippen molar-refractivity contribution in [3.05, 3.63) is 12.2 Å². The highest BCUT2D eigenvalue weighted by atomic mass is 19.4. The Morgan fingerprint density at radius 2 is 1.52 bits per heavy atom. The molecule has 2 unspecified atom stereocenters. The van der Waals surface area contributed by atoms with Crippen LogP contribution in [0.5, 0.6) is 0 Å². The Hall–Kier alpha value is -1.29. The van der Waals surface area contributed by atoms with Gasteiger partial charge in [-0.3, -0.25) is 0 Å². The van der Waals surface area contributed by atoms with Crippen molar-refractivity contribution in [2.45, 2.75) is 108 Å². The molecule has 10 heteroatoms. The number of hydrogen-bond donors (Lipinski definition) is 1. The minimum absolute atomic E-state index is 0.116. The van der Waals surface area contributed by atoms with Crippen molar-refractivity contribution < 1.29 is 45.7 Å². The summed E-state index contributed by atoms with van der Waals surface area (Å²) in [5.74, 6) is -1.07. The summed E-state index contributed by atoms with van der Waals surface area (Å²) in [6, 6.07) is 0. The molecule has 0 radical (unpaired) electrons. The van der Waals surface area contributed by atoms with Gasteiger partial charge >= 0.3 is 18.3 Å². The van der Waals surface area contributed by atoms with Crippen LogP contribution in [0.25, 0.3) is 0 Å². The van der Waals surface area contributed by atoms with E-state index in [-0.39, 0.29) is 24.8 Å². The van der Waals surface area contributed by atoms with Gasteiger partial charge in [0.05, 0.1) is 5.60 Å². The van der Waals surface area contributed by atoms with Crippen LogP contribution in [0.3, 0.4) is 0 Å². The summed E-state index contributed by atoms with van der Waals surface area (Å²) in [6.45, 7) is 9.42. The third-order valence-corrected chi connectivity index (χ3v) is 6.34. The van der Waals surface area contributed by atoms with Crippen molar-refractivity contribution in [2.24, 2.45) is 5.92 Å². The van der Waals surface area contributed by atoms with Gasteiger partial charge in [-0.2, -0.15) is 26.3 Å². The van der Waals surface area contributed by atoms with Crippen molar-refractivity contribution in [2.75, 3.05) is 0 Å². The van der Waals surface area contributed by atoms with E-state index in [2.05, 4.69) is 6.58 Å². The van der Waals surface area contributed by atoms with Gasteiger partial charge in [0.15, 0.2) is 0 Å². The van der Waals surface area contributed by atoms with E-state index in [4.69, 9.17) is 9.47 Å². The van der Waals surface area contributed by atoms with Crippen LogP contribution in [-0.4, -0.2) is 46.3 Å². The number of halogens is 6. The van der Waals surface area contributed by atoms with E-state index in [1.165, 1.54) is 6.92 Å². The molecule has 1 N–H and O–H groups in total. The average Bonchev–Trinajstić information content (AvgIpc) is 2.63. The highest BCUT2D eigenvalue weighted by molar-refractivity contribution is 5.87. The van der Waals surface area contributed by atoms with E-state index in [9.17, 15) is 36.2 Å². The number of aliphatic hydroxyl groups is 1. The predicted octanol–water partition coefficient (Wildman–Crippen LogP) is 5.87. The third kappa shape index (κ3) is 5.38. The second kappa shape index (κ2) is 9.29. The van der Waals surface area contributed by atoms with Gasteiger partial charge in [-0.05, 0) is 65.2 Å². The van der Waals surface area contributed by atoms with E-state index in [1.807, 2.05) is 0 Å². The van der Waals surface area contributed by atoms with Gasteiger partial charge in [-0.1, -0.05) is 20.4 Å². The van der Waals surface area contributed by atoms with Crippen molar-refractivity contribution >= 4 is 5.97 Å². The standard InChI is InChI=1S/C21H32F6O4/c1-7-18(8-2,14-10-9-11-15(12-14)30-16(28)13(3)4)31-17(5,6)19(29,20(22,23)24)21(25,26)27/h14-15,29H,3,7-12H2,1-2,4-6H3. The summed E-state index contributed by atoms with van der Waals surface area (Å²) >= 11 is 0. The second-order valence-corrected chi connectivity index (χ2v) is 8.76. The normalized spacial score (nSPS) is 21.7. The molecule has 1 aliphatic carbocycles. The zero-order chi connectivity index (χ0) is 24.5. The van der Waals surface area contributed by atoms with Crippen LogP contribution < -0.4 is 0 Å². The number of ether oxygens (including phenoxy) is 2. The van der Waals surface area contributed by atoms with Gasteiger partial charge in [0.25, 0.3) is 5.60 Å². The molecular formula is C21H32F6O4. The molecule has 0 aromatic heterocycles. The summed E-state index contributed by atoms with van der Waals surface area (Å²) in [5, 5.41) is 9.94. The lowest BCUT2D eigenvalue weighted by Gasteiger charge is -2.52. The first-order valence-electron chi connectivity index (χ1n) is 10.3. The zero-order valence-corrected chi connectivity index (χ0v) is 18.5. The molecule has 0 saturated heterocycles. The molecule has 0 bridgehead atoms. The van der Waals surface area contributed by atoms with Crippen LogP contribution >= 0.6 is 0 Å². The van der Waals surface area contributed by atoms with Gasteiger partial charge in [0.1, 0.15) is 11.7 Å². The third-order valence-electron chi connectivity index (χ3n) is 6.34. The molecule has 1 saturated carbocycles. The Morgan fingerprint density at radius 3 is 1.90 bits per heavy atom. The van der Waals surface area contributed by atoms with Crippen molar-refractivity contribution in [3.8, 4) is 0 Å². The smallest absolute Gasteiger partial charge is 0.429 e. The van der Waals surface area contributed by atoms with Crippen LogP contribution in [0.2, 0.25) is 0 Å². The Morgan fingerprint density at radius 1 is 1.03 bits per heavy atom. The van der Waals surface area contributed by atoms with E-state index in [1.54, 1.807) is 13.8 Å². The molecule has 4 nitrogen and oxygen atoms in total. The van der Waals surface area contributed by atoms with Crippen molar-refractivity contribution in [1.82, 2.24) is 0 Å². The van der Waals surface area contributed by atoms with Gasteiger partial charge in [-0.15, -0.1) is 0 Å². The zero-order valence-electron chi connectivity index (χ0n) is 18.5. The molecule has 2 atom stereocenters. The van der Waals surface area contributed by atoms with E-state index >= 15 is 0 Å². The molecular weight excluding hydrogens is 430 g/mol. The molecule has 0 amide bonds. The Balaban J connectivity index is 3.30. The molecule has 0 aliphatic heterocycles. The second-order valence-electron chi connectivity index (χ2n) is 8.76. The summed E-state index contributed by atoms with van der Waals surface area (Å²) in [5.41, 5.74) is -9.29. The maximum absolute atomic E-state index is 13.5. The number of esters is 1. The number of alkyl halides is 6. The minimum atomic E-state index is -6.01. The van der Waals surface area contributed by atoms with Gasteiger partial charge in [-0.25, -0.2) is 4.79 Å². The maximum atomic E-state index is 13.5. The van der Waals surface area contributed by atoms with Crippen molar-refractivity contribution in [1.29, 1.82) is 0 Å². The summed E-state index contributed by atoms with van der Waals surface area (Å²) < 4.78 is 91.9. The minimum Gasteiger partial charge on any atom is -0.459 e. The maximum Gasteiger partial charge on any atom is 0.429 e. The summed E-state index contributed by atoms with van der Waals surface area (Å²) in [7, 11) is 0. The fraction of sp³-hybridized carbons (Fsp3) is 0.857. The summed E-state index contributed by atoms with van der Waals surface area (Å²) in [6.07, 6.45) is -10.5. The Labute approximate surface area is 179 Å². The van der Waals surface area contributed by atoms with Gasteiger partial charge < -0.3 is 14.6 Å². The average molecular weight is 462 g/mol. The van der Waals surface area contributed by atoms with Crippen LogP contribution in [0.4, 0.5) is 26.3 Å². The first-order valence-corrected chi connectivity index (χ1v) is 10.3. The van der Waals surface area contributed by atoms with Crippen LogP contribution in [0, 0.1) is 5.92 Å².